The van der Waals surface area contributed by atoms with E-state index in [2.05, 4.69) is 19.4 Å². The van der Waals surface area contributed by atoms with E-state index in [-0.39, 0.29) is 10.6 Å². The van der Waals surface area contributed by atoms with E-state index >= 15 is 0 Å². The van der Waals surface area contributed by atoms with Crippen molar-refractivity contribution in [2.45, 2.75) is 11.3 Å². The summed E-state index contributed by atoms with van der Waals surface area (Å²) in [5, 5.41) is 0.368. The van der Waals surface area contributed by atoms with Crippen molar-refractivity contribution in [2.75, 3.05) is 4.72 Å². The van der Waals surface area contributed by atoms with Crippen molar-refractivity contribution in [2.24, 2.45) is 0 Å². The maximum Gasteiger partial charge on any atom is 0.573 e. The second kappa shape index (κ2) is 5.71. The van der Waals surface area contributed by atoms with Crippen LogP contribution in [0.3, 0.4) is 0 Å². The fourth-order valence-electron chi connectivity index (χ4n) is 2.12. The number of sulfonamides is 1. The van der Waals surface area contributed by atoms with Crippen molar-refractivity contribution >= 4 is 26.7 Å². The molecule has 2 aromatic heterocycles. The summed E-state index contributed by atoms with van der Waals surface area (Å²) in [6.45, 7) is 0. The zero-order chi connectivity index (χ0) is 17.4. The first-order chi connectivity index (χ1) is 11.2. The third kappa shape index (κ3) is 3.43. The second-order valence-corrected chi connectivity index (χ2v) is 6.38. The number of halogens is 3. The van der Waals surface area contributed by atoms with Gasteiger partial charge >= 0.3 is 6.36 Å². The van der Waals surface area contributed by atoms with Crippen LogP contribution in [-0.4, -0.2) is 24.7 Å². The molecule has 0 fully saturated rings. The number of hydrogen-bond acceptors (Lipinski definition) is 4. The fraction of sp³-hybridized carbons (Fsp3) is 0.0714. The van der Waals surface area contributed by atoms with Crippen LogP contribution in [0.15, 0.2) is 53.7 Å². The molecule has 0 bridgehead atoms. The number of hydrogen-bond donors (Lipinski definition) is 2. The summed E-state index contributed by atoms with van der Waals surface area (Å²) in [6, 6.07) is 7.71. The molecule has 6 nitrogen and oxygen atoms in total. The molecular formula is C14H10F3N3O3S. The average molecular weight is 357 g/mol. The molecule has 0 unspecified atom stereocenters. The fourth-order valence-corrected chi connectivity index (χ4v) is 3.34. The van der Waals surface area contributed by atoms with Gasteiger partial charge in [-0.1, -0.05) is 6.07 Å². The lowest BCUT2D eigenvalue weighted by Crippen LogP contribution is -2.17. The van der Waals surface area contributed by atoms with Crippen molar-refractivity contribution in [1.82, 2.24) is 9.97 Å². The number of anilines is 1. The van der Waals surface area contributed by atoms with E-state index < -0.39 is 22.1 Å². The minimum atomic E-state index is -4.86. The van der Waals surface area contributed by atoms with Gasteiger partial charge in [0.05, 0.1) is 5.69 Å². The quantitative estimate of drug-likeness (QED) is 0.751. The van der Waals surface area contributed by atoms with Gasteiger partial charge in [0.25, 0.3) is 10.0 Å². The van der Waals surface area contributed by atoms with Gasteiger partial charge in [0, 0.05) is 23.8 Å². The summed E-state index contributed by atoms with van der Waals surface area (Å²) in [5.74, 6) is -0.525. The van der Waals surface area contributed by atoms with Crippen LogP contribution in [0.1, 0.15) is 0 Å². The molecule has 0 saturated carbocycles. The van der Waals surface area contributed by atoms with Crippen molar-refractivity contribution in [3.63, 3.8) is 0 Å². The van der Waals surface area contributed by atoms with Crippen molar-refractivity contribution in [3.8, 4) is 5.75 Å². The van der Waals surface area contributed by atoms with E-state index in [9.17, 15) is 21.6 Å². The van der Waals surface area contributed by atoms with Gasteiger partial charge in [0.1, 0.15) is 16.3 Å². The summed E-state index contributed by atoms with van der Waals surface area (Å²) in [4.78, 5) is 6.64. The van der Waals surface area contributed by atoms with E-state index in [0.717, 1.165) is 12.1 Å². The van der Waals surface area contributed by atoms with Gasteiger partial charge in [-0.05, 0) is 24.3 Å². The molecule has 0 saturated heterocycles. The zero-order valence-corrected chi connectivity index (χ0v) is 12.6. The van der Waals surface area contributed by atoms with Gasteiger partial charge in [-0.25, -0.2) is 13.4 Å². The molecule has 3 rings (SSSR count). The Morgan fingerprint density at radius 3 is 2.71 bits per heavy atom. The predicted molar refractivity (Wildman–Crippen MR) is 80.0 cm³/mol. The van der Waals surface area contributed by atoms with Crippen LogP contribution in [-0.2, 0) is 10.0 Å². The molecule has 1 aromatic carbocycles. The van der Waals surface area contributed by atoms with Gasteiger partial charge in [-0.2, -0.15) is 0 Å². The van der Waals surface area contributed by atoms with E-state index in [4.69, 9.17) is 0 Å². The maximum atomic E-state index is 12.5. The van der Waals surface area contributed by atoms with Gasteiger partial charge in [-0.3, -0.25) is 4.72 Å². The van der Waals surface area contributed by atoms with Gasteiger partial charge in [0.15, 0.2) is 0 Å². The van der Waals surface area contributed by atoms with Crippen molar-refractivity contribution in [1.29, 1.82) is 0 Å². The molecule has 0 aliphatic heterocycles. The van der Waals surface area contributed by atoms with Crippen LogP contribution >= 0.6 is 0 Å². The first kappa shape index (κ1) is 16.1. The molecule has 2 heterocycles. The highest BCUT2D eigenvalue weighted by Gasteiger charge is 2.31. The van der Waals surface area contributed by atoms with Crippen LogP contribution in [0.4, 0.5) is 18.9 Å². The standard InChI is InChI=1S/C14H10F3N3O3S/c15-14(16,17)23-10-4-1-3-9(7-10)20-24(21,22)12-8-19-13-11(12)5-2-6-18-13/h1-8,20H,(H,18,19). The lowest BCUT2D eigenvalue weighted by Gasteiger charge is -2.11. The molecule has 0 amide bonds. The Bertz CT molecular complexity index is 983. The minimum absolute atomic E-state index is 0.0602. The lowest BCUT2D eigenvalue weighted by molar-refractivity contribution is -0.274. The molecule has 0 atom stereocenters. The summed E-state index contributed by atoms with van der Waals surface area (Å²) < 4.78 is 67.6. The number of fused-ring (bicyclic) bond motifs is 1. The molecule has 10 heteroatoms. The molecule has 0 aliphatic carbocycles. The topological polar surface area (TPSA) is 84.1 Å². The summed E-state index contributed by atoms with van der Waals surface area (Å²) in [7, 11) is -4.02. The minimum Gasteiger partial charge on any atom is -0.406 e. The Morgan fingerprint density at radius 1 is 1.17 bits per heavy atom. The Kier molecular flexibility index (Phi) is 3.84. The number of alkyl halides is 3. The number of rotatable bonds is 4. The van der Waals surface area contributed by atoms with Crippen LogP contribution in [0.2, 0.25) is 0 Å². The third-order valence-corrected chi connectivity index (χ3v) is 4.44. The molecule has 0 spiro atoms. The Balaban J connectivity index is 1.91. The molecule has 0 radical (unpaired) electrons. The van der Waals surface area contributed by atoms with E-state index in [1.807, 2.05) is 0 Å². The highest BCUT2D eigenvalue weighted by Crippen LogP contribution is 2.27. The zero-order valence-electron chi connectivity index (χ0n) is 11.8. The van der Waals surface area contributed by atoms with Crippen LogP contribution < -0.4 is 9.46 Å². The maximum absolute atomic E-state index is 12.5. The highest BCUT2D eigenvalue weighted by molar-refractivity contribution is 7.93. The Morgan fingerprint density at radius 2 is 1.96 bits per heavy atom. The Hall–Kier alpha value is -2.75. The van der Waals surface area contributed by atoms with Gasteiger partial charge < -0.3 is 9.72 Å². The second-order valence-electron chi connectivity index (χ2n) is 4.73. The largest absolute Gasteiger partial charge is 0.573 e. The normalized spacial score (nSPS) is 12.3. The van der Waals surface area contributed by atoms with E-state index in [0.29, 0.717) is 11.0 Å². The third-order valence-electron chi connectivity index (χ3n) is 3.02. The molecule has 0 aliphatic rings. The number of benzene rings is 1. The molecular weight excluding hydrogens is 347 g/mol. The highest BCUT2D eigenvalue weighted by atomic mass is 32.2. The van der Waals surface area contributed by atoms with Gasteiger partial charge in [0.2, 0.25) is 0 Å². The van der Waals surface area contributed by atoms with Crippen LogP contribution in [0.25, 0.3) is 11.0 Å². The monoisotopic (exact) mass is 357 g/mol. The molecule has 126 valence electrons. The summed E-state index contributed by atoms with van der Waals surface area (Å²) in [6.07, 6.45) is -2.10. The first-order valence-electron chi connectivity index (χ1n) is 6.55. The number of nitrogens with zero attached hydrogens (tertiary/aromatic N) is 1. The van der Waals surface area contributed by atoms with Crippen LogP contribution in [0.5, 0.6) is 5.75 Å². The first-order valence-corrected chi connectivity index (χ1v) is 8.04. The molecule has 3 aromatic rings. The number of aromatic nitrogens is 2. The van der Waals surface area contributed by atoms with Gasteiger partial charge in [-0.15, -0.1) is 13.2 Å². The smallest absolute Gasteiger partial charge is 0.406 e. The van der Waals surface area contributed by atoms with Crippen molar-refractivity contribution in [3.05, 3.63) is 48.8 Å². The lowest BCUT2D eigenvalue weighted by atomic mass is 10.3. The number of nitrogens with one attached hydrogen (secondary N) is 2. The summed E-state index contributed by atoms with van der Waals surface area (Å²) in [5.41, 5.74) is 0.321. The summed E-state index contributed by atoms with van der Waals surface area (Å²) >= 11 is 0. The Labute approximate surface area is 134 Å². The molecule has 2 N–H and O–H groups in total. The number of H-pyrrole nitrogens is 1. The number of aromatic amines is 1. The van der Waals surface area contributed by atoms with Crippen molar-refractivity contribution < 1.29 is 26.3 Å². The van der Waals surface area contributed by atoms with Crippen LogP contribution in [0, 0.1) is 0 Å². The average Bonchev–Trinajstić information content (AvgIpc) is 2.90. The molecule has 24 heavy (non-hydrogen) atoms. The number of pyridine rings is 1. The van der Waals surface area contributed by atoms with E-state index in [1.54, 1.807) is 12.1 Å². The number of ether oxygens (including phenoxy) is 1. The van der Waals surface area contributed by atoms with E-state index in [1.165, 1.54) is 24.5 Å². The predicted octanol–water partition coefficient (Wildman–Crippen LogP) is 3.26. The SMILES string of the molecule is O=S(=O)(Nc1cccc(OC(F)(F)F)c1)c1c[nH]c2ncccc12.